The maximum atomic E-state index is 12.9. The van der Waals surface area contributed by atoms with Gasteiger partial charge in [-0.2, -0.15) is 0 Å². The van der Waals surface area contributed by atoms with Gasteiger partial charge in [0.1, 0.15) is 19.0 Å². The van der Waals surface area contributed by atoms with Crippen molar-refractivity contribution in [2.45, 2.75) is 0 Å². The largest absolute Gasteiger partial charge is 0.490 e. The molecule has 0 aliphatic carbocycles. The van der Waals surface area contributed by atoms with E-state index >= 15 is 0 Å². The van der Waals surface area contributed by atoms with Crippen LogP contribution in [0.4, 0.5) is 0 Å². The van der Waals surface area contributed by atoms with E-state index in [1.807, 2.05) is 78.9 Å². The first-order chi connectivity index (χ1) is 16.7. The minimum Gasteiger partial charge on any atom is -0.490 e. The maximum Gasteiger partial charge on any atom is 0.338 e. The maximum absolute atomic E-state index is 12.9. The third kappa shape index (κ3) is 4.66. The zero-order chi connectivity index (χ0) is 23.3. The minimum absolute atomic E-state index is 0.0402. The summed E-state index contributed by atoms with van der Waals surface area (Å²) >= 11 is 0. The second kappa shape index (κ2) is 9.59. The molecular formula is C30H22O4. The van der Waals surface area contributed by atoms with E-state index in [4.69, 9.17) is 9.47 Å². The monoisotopic (exact) mass is 446 g/mol. The van der Waals surface area contributed by atoms with Crippen LogP contribution in [0.25, 0.3) is 21.5 Å². The summed E-state index contributed by atoms with van der Waals surface area (Å²) in [6.45, 7) is 0.348. The van der Waals surface area contributed by atoms with Crippen LogP contribution in [0.1, 0.15) is 26.3 Å². The van der Waals surface area contributed by atoms with Gasteiger partial charge >= 0.3 is 5.97 Å². The van der Waals surface area contributed by atoms with E-state index in [9.17, 15) is 9.59 Å². The average Bonchev–Trinajstić information content (AvgIpc) is 2.90. The van der Waals surface area contributed by atoms with Gasteiger partial charge in [-0.05, 0) is 64.0 Å². The third-order valence-corrected chi connectivity index (χ3v) is 5.70. The van der Waals surface area contributed by atoms with Crippen molar-refractivity contribution < 1.29 is 19.1 Å². The van der Waals surface area contributed by atoms with Crippen LogP contribution >= 0.6 is 0 Å². The van der Waals surface area contributed by atoms with Gasteiger partial charge in [-0.3, -0.25) is 4.79 Å². The molecule has 166 valence electrons. The molecule has 4 nitrogen and oxygen atoms in total. The van der Waals surface area contributed by atoms with Crippen molar-refractivity contribution in [3.63, 3.8) is 0 Å². The molecule has 0 bridgehead atoms. The number of ketones is 1. The molecule has 0 atom stereocenters. The molecule has 34 heavy (non-hydrogen) atoms. The summed E-state index contributed by atoms with van der Waals surface area (Å²) in [7, 11) is 0. The fourth-order valence-corrected chi connectivity index (χ4v) is 3.89. The van der Waals surface area contributed by atoms with Gasteiger partial charge in [0.2, 0.25) is 0 Å². The predicted molar refractivity (Wildman–Crippen MR) is 134 cm³/mol. The number of rotatable bonds is 7. The zero-order valence-corrected chi connectivity index (χ0v) is 18.4. The Labute approximate surface area is 197 Å². The summed E-state index contributed by atoms with van der Waals surface area (Å²) in [5.74, 6) is 0.184. The fraction of sp³-hybridized carbons (Fsp3) is 0.0667. The predicted octanol–water partition coefficient (Wildman–Crippen LogP) is 6.46. The van der Waals surface area contributed by atoms with Crippen LogP contribution in [0.15, 0.2) is 109 Å². The van der Waals surface area contributed by atoms with Crippen LogP contribution in [-0.4, -0.2) is 25.0 Å². The second-order valence-corrected chi connectivity index (χ2v) is 7.96. The van der Waals surface area contributed by atoms with Gasteiger partial charge in [0.25, 0.3) is 0 Å². The quantitative estimate of drug-likeness (QED) is 0.164. The van der Waals surface area contributed by atoms with Crippen molar-refractivity contribution >= 4 is 33.3 Å². The van der Waals surface area contributed by atoms with Gasteiger partial charge in [0, 0.05) is 11.1 Å². The molecule has 0 radical (unpaired) electrons. The first-order valence-electron chi connectivity index (χ1n) is 11.1. The first-order valence-corrected chi connectivity index (χ1v) is 11.1. The van der Waals surface area contributed by atoms with Gasteiger partial charge in [-0.25, -0.2) is 4.79 Å². The lowest BCUT2D eigenvalue weighted by molar-refractivity contribution is 0.0450. The summed E-state index contributed by atoms with van der Waals surface area (Å²) in [5, 5.41) is 4.20. The van der Waals surface area contributed by atoms with E-state index in [2.05, 4.69) is 0 Å². The van der Waals surface area contributed by atoms with E-state index in [0.29, 0.717) is 22.4 Å². The molecule has 0 N–H and O–H groups in total. The van der Waals surface area contributed by atoms with Crippen molar-refractivity contribution in [2.24, 2.45) is 0 Å². The average molecular weight is 447 g/mol. The van der Waals surface area contributed by atoms with Crippen LogP contribution in [0.2, 0.25) is 0 Å². The summed E-state index contributed by atoms with van der Waals surface area (Å²) in [6, 6.07) is 34.0. The van der Waals surface area contributed by atoms with Crippen LogP contribution in [-0.2, 0) is 4.74 Å². The fourth-order valence-electron chi connectivity index (χ4n) is 3.89. The van der Waals surface area contributed by atoms with Crippen LogP contribution in [0.3, 0.4) is 0 Å². The number of hydrogen-bond acceptors (Lipinski definition) is 4. The van der Waals surface area contributed by atoms with Crippen molar-refractivity contribution in [3.8, 4) is 5.75 Å². The van der Waals surface area contributed by atoms with E-state index in [0.717, 1.165) is 21.5 Å². The first kappa shape index (κ1) is 21.4. The Morgan fingerprint density at radius 1 is 0.529 bits per heavy atom. The summed E-state index contributed by atoms with van der Waals surface area (Å²) in [4.78, 5) is 25.2. The SMILES string of the molecule is O=C(OCCOc1ccc(C(=O)c2ccc3ccccc3c2)cc1)c1ccc2ccccc2c1. The van der Waals surface area contributed by atoms with Crippen LogP contribution < -0.4 is 4.74 Å². The smallest absolute Gasteiger partial charge is 0.338 e. The van der Waals surface area contributed by atoms with E-state index in [-0.39, 0.29) is 25.0 Å². The number of esters is 1. The van der Waals surface area contributed by atoms with Gasteiger partial charge in [-0.1, -0.05) is 66.7 Å². The molecule has 0 unspecified atom stereocenters. The Bertz CT molecular complexity index is 1490. The number of ether oxygens (including phenoxy) is 2. The molecule has 5 aromatic rings. The van der Waals surface area contributed by atoms with Crippen molar-refractivity contribution in [2.75, 3.05) is 13.2 Å². The number of carbonyl (C=O) groups excluding carboxylic acids is 2. The molecule has 0 aliphatic heterocycles. The highest BCUT2D eigenvalue weighted by Crippen LogP contribution is 2.20. The molecule has 0 heterocycles. The highest BCUT2D eigenvalue weighted by molar-refractivity contribution is 6.10. The molecular weight excluding hydrogens is 424 g/mol. The Kier molecular flexibility index (Phi) is 6.04. The summed E-state index contributed by atoms with van der Waals surface area (Å²) in [5.41, 5.74) is 1.74. The molecule has 0 saturated heterocycles. The minimum atomic E-state index is -0.384. The lowest BCUT2D eigenvalue weighted by atomic mass is 10.00. The van der Waals surface area contributed by atoms with Gasteiger partial charge < -0.3 is 9.47 Å². The molecule has 0 spiro atoms. The van der Waals surface area contributed by atoms with E-state index in [1.54, 1.807) is 30.3 Å². The molecule has 0 aliphatic rings. The molecule has 0 aromatic heterocycles. The normalized spacial score (nSPS) is 10.8. The lowest BCUT2D eigenvalue weighted by Gasteiger charge is -2.09. The van der Waals surface area contributed by atoms with Crippen molar-refractivity contribution in [1.29, 1.82) is 0 Å². The molecule has 0 amide bonds. The summed E-state index contributed by atoms with van der Waals surface area (Å²) < 4.78 is 11.0. The standard InChI is InChI=1S/C30H22O4/c31-29(26-11-9-21-5-1-3-7-24(21)19-26)23-13-15-28(16-14-23)33-17-18-34-30(32)27-12-10-22-6-2-4-8-25(22)20-27/h1-16,19-20H,17-18H2. The topological polar surface area (TPSA) is 52.6 Å². The molecule has 5 aromatic carbocycles. The Morgan fingerprint density at radius 3 is 1.71 bits per heavy atom. The second-order valence-electron chi connectivity index (χ2n) is 7.96. The van der Waals surface area contributed by atoms with Crippen LogP contribution in [0, 0.1) is 0 Å². The highest BCUT2D eigenvalue weighted by Gasteiger charge is 2.11. The molecule has 5 rings (SSSR count). The number of benzene rings is 5. The van der Waals surface area contributed by atoms with E-state index < -0.39 is 0 Å². The third-order valence-electron chi connectivity index (χ3n) is 5.70. The molecule has 0 fully saturated rings. The van der Waals surface area contributed by atoms with Gasteiger partial charge in [-0.15, -0.1) is 0 Å². The van der Waals surface area contributed by atoms with Gasteiger partial charge in [0.15, 0.2) is 5.78 Å². The van der Waals surface area contributed by atoms with Crippen molar-refractivity contribution in [1.82, 2.24) is 0 Å². The Morgan fingerprint density at radius 2 is 1.06 bits per heavy atom. The number of hydrogen-bond donors (Lipinski definition) is 0. The van der Waals surface area contributed by atoms with Crippen LogP contribution in [0.5, 0.6) is 5.75 Å². The van der Waals surface area contributed by atoms with Gasteiger partial charge in [0.05, 0.1) is 5.56 Å². The number of fused-ring (bicyclic) bond motifs is 2. The Hall–Kier alpha value is -4.44. The van der Waals surface area contributed by atoms with E-state index in [1.165, 1.54) is 0 Å². The number of carbonyl (C=O) groups is 2. The zero-order valence-electron chi connectivity index (χ0n) is 18.4. The summed E-state index contributed by atoms with van der Waals surface area (Å²) in [6.07, 6.45) is 0. The van der Waals surface area contributed by atoms with Crippen molar-refractivity contribution in [3.05, 3.63) is 126 Å². The lowest BCUT2D eigenvalue weighted by Crippen LogP contribution is -2.12. The Balaban J connectivity index is 1.15. The highest BCUT2D eigenvalue weighted by atomic mass is 16.6. The molecule has 4 heteroatoms. The molecule has 0 saturated carbocycles.